The van der Waals surface area contributed by atoms with Gasteiger partial charge in [0.1, 0.15) is 11.3 Å². The van der Waals surface area contributed by atoms with Crippen molar-refractivity contribution >= 4 is 37.5 Å². The Balaban J connectivity index is 1.82. The average molecular weight is 437 g/mol. The van der Waals surface area contributed by atoms with E-state index in [9.17, 15) is 13.2 Å². The monoisotopic (exact) mass is 436 g/mol. The van der Waals surface area contributed by atoms with Crippen molar-refractivity contribution in [1.82, 2.24) is 14.7 Å². The van der Waals surface area contributed by atoms with Gasteiger partial charge >= 0.3 is 0 Å². The summed E-state index contributed by atoms with van der Waals surface area (Å²) in [6, 6.07) is 9.78. The predicted molar refractivity (Wildman–Crippen MR) is 101 cm³/mol. The van der Waals surface area contributed by atoms with Crippen LogP contribution in [0.2, 0.25) is 0 Å². The van der Waals surface area contributed by atoms with Gasteiger partial charge in [-0.1, -0.05) is 19.1 Å². The maximum Gasteiger partial charge on any atom is 0.270 e. The fraction of sp³-hybridized carbons (Fsp3) is 0.176. The third-order valence-electron chi connectivity index (χ3n) is 3.91. The second-order valence-electron chi connectivity index (χ2n) is 5.71. The molecule has 26 heavy (non-hydrogen) atoms. The smallest absolute Gasteiger partial charge is 0.270 e. The zero-order valence-electron chi connectivity index (χ0n) is 13.9. The van der Waals surface area contributed by atoms with Crippen LogP contribution in [0.15, 0.2) is 52.0 Å². The van der Waals surface area contributed by atoms with Crippen molar-refractivity contribution in [3.63, 3.8) is 0 Å². The highest BCUT2D eigenvalue weighted by Gasteiger charge is 2.18. The van der Waals surface area contributed by atoms with Crippen molar-refractivity contribution in [1.29, 1.82) is 0 Å². The lowest BCUT2D eigenvalue weighted by Crippen LogP contribution is -2.25. The number of primary sulfonamides is 1. The number of carbonyl (C=O) groups is 1. The van der Waals surface area contributed by atoms with Gasteiger partial charge in [0.05, 0.1) is 10.6 Å². The summed E-state index contributed by atoms with van der Waals surface area (Å²) in [5.41, 5.74) is 2.67. The molecule has 0 aliphatic carbocycles. The van der Waals surface area contributed by atoms with Crippen LogP contribution in [0.3, 0.4) is 0 Å². The molecule has 0 saturated heterocycles. The number of nitrogens with one attached hydrogen (secondary N) is 1. The number of imidazole rings is 1. The Morgan fingerprint density at radius 2 is 1.92 bits per heavy atom. The molecule has 0 spiro atoms. The first-order valence-electron chi connectivity index (χ1n) is 7.86. The maximum atomic E-state index is 12.7. The van der Waals surface area contributed by atoms with Gasteiger partial charge in [0.25, 0.3) is 5.91 Å². The van der Waals surface area contributed by atoms with Crippen molar-refractivity contribution in [2.24, 2.45) is 5.14 Å². The van der Waals surface area contributed by atoms with Crippen LogP contribution in [0, 0.1) is 0 Å². The number of hydrogen-bond donors (Lipinski definition) is 2. The Morgan fingerprint density at radius 1 is 1.23 bits per heavy atom. The Kier molecular flexibility index (Phi) is 5.12. The van der Waals surface area contributed by atoms with E-state index in [0.717, 1.165) is 10.0 Å². The van der Waals surface area contributed by atoms with E-state index < -0.39 is 10.0 Å². The van der Waals surface area contributed by atoms with Gasteiger partial charge in [-0.15, -0.1) is 0 Å². The fourth-order valence-electron chi connectivity index (χ4n) is 2.62. The summed E-state index contributed by atoms with van der Waals surface area (Å²) in [5.74, 6) is -0.247. The van der Waals surface area contributed by atoms with Crippen LogP contribution in [-0.4, -0.2) is 23.7 Å². The van der Waals surface area contributed by atoms with Gasteiger partial charge in [-0.2, -0.15) is 0 Å². The van der Waals surface area contributed by atoms with Gasteiger partial charge < -0.3 is 5.32 Å². The first-order valence-corrected chi connectivity index (χ1v) is 10.2. The molecule has 2 aromatic heterocycles. The van der Waals surface area contributed by atoms with E-state index >= 15 is 0 Å². The van der Waals surface area contributed by atoms with E-state index in [4.69, 9.17) is 5.14 Å². The van der Waals surface area contributed by atoms with E-state index in [2.05, 4.69) is 26.2 Å². The summed E-state index contributed by atoms with van der Waals surface area (Å²) in [4.78, 5) is 17.2. The summed E-state index contributed by atoms with van der Waals surface area (Å²) in [7, 11) is -3.73. The summed E-state index contributed by atoms with van der Waals surface area (Å²) in [5, 5.41) is 7.93. The number of amides is 1. The highest BCUT2D eigenvalue weighted by Crippen LogP contribution is 2.18. The van der Waals surface area contributed by atoms with E-state index in [-0.39, 0.29) is 17.3 Å². The second kappa shape index (κ2) is 7.18. The SMILES string of the molecule is CCc1nc2ccc(Br)cn2c1C(=O)NCc1ccc(S(N)(=O)=O)cc1. The van der Waals surface area contributed by atoms with Gasteiger partial charge in [0.15, 0.2) is 0 Å². The van der Waals surface area contributed by atoms with Crippen LogP contribution in [0.5, 0.6) is 0 Å². The zero-order chi connectivity index (χ0) is 18.9. The third kappa shape index (κ3) is 3.79. The van der Waals surface area contributed by atoms with Crippen molar-refractivity contribution in [3.8, 4) is 0 Å². The molecule has 0 unspecified atom stereocenters. The molecule has 0 aliphatic rings. The van der Waals surface area contributed by atoms with Crippen LogP contribution < -0.4 is 10.5 Å². The number of aryl methyl sites for hydroxylation is 1. The summed E-state index contributed by atoms with van der Waals surface area (Å²) < 4.78 is 25.2. The highest BCUT2D eigenvalue weighted by molar-refractivity contribution is 9.10. The number of carbonyl (C=O) groups excluding carboxylic acids is 1. The third-order valence-corrected chi connectivity index (χ3v) is 5.31. The number of pyridine rings is 1. The van der Waals surface area contributed by atoms with E-state index in [0.29, 0.717) is 23.5 Å². The molecular formula is C17H17BrN4O3S. The molecule has 0 saturated carbocycles. The molecule has 3 N–H and O–H groups in total. The largest absolute Gasteiger partial charge is 0.347 e. The molecule has 3 aromatic rings. The van der Waals surface area contributed by atoms with Crippen LogP contribution in [0.25, 0.3) is 5.65 Å². The number of hydrogen-bond acceptors (Lipinski definition) is 4. The van der Waals surface area contributed by atoms with Crippen LogP contribution >= 0.6 is 15.9 Å². The first kappa shape index (κ1) is 18.6. The minimum absolute atomic E-state index is 0.0347. The van der Waals surface area contributed by atoms with Crippen molar-refractivity contribution in [3.05, 3.63) is 64.0 Å². The Labute approximate surface area is 159 Å². The lowest BCUT2D eigenvalue weighted by Gasteiger charge is -2.08. The normalized spacial score (nSPS) is 11.7. The molecule has 0 fully saturated rings. The summed E-state index contributed by atoms with van der Waals surface area (Å²) >= 11 is 3.41. The lowest BCUT2D eigenvalue weighted by molar-refractivity contribution is 0.0944. The van der Waals surface area contributed by atoms with Crippen LogP contribution in [0.4, 0.5) is 0 Å². The number of sulfonamides is 1. The molecule has 9 heteroatoms. The number of fused-ring (bicyclic) bond motifs is 1. The number of rotatable bonds is 5. The Bertz CT molecular complexity index is 1080. The predicted octanol–water partition coefficient (Wildman–Crippen LogP) is 2.24. The Hall–Kier alpha value is -2.23. The molecule has 1 amide bonds. The fourth-order valence-corrected chi connectivity index (χ4v) is 3.47. The van der Waals surface area contributed by atoms with Crippen molar-refractivity contribution in [2.45, 2.75) is 24.8 Å². The minimum atomic E-state index is -3.73. The quantitative estimate of drug-likeness (QED) is 0.639. The number of nitrogens with two attached hydrogens (primary N) is 1. The van der Waals surface area contributed by atoms with Gasteiger partial charge in [-0.3, -0.25) is 9.20 Å². The zero-order valence-corrected chi connectivity index (χ0v) is 16.3. The number of halogens is 1. The van der Waals surface area contributed by atoms with E-state index in [1.54, 1.807) is 22.7 Å². The topological polar surface area (TPSA) is 107 Å². The Morgan fingerprint density at radius 3 is 2.54 bits per heavy atom. The molecular weight excluding hydrogens is 420 g/mol. The number of nitrogens with zero attached hydrogens (tertiary/aromatic N) is 2. The number of benzene rings is 1. The highest BCUT2D eigenvalue weighted by atomic mass is 79.9. The first-order chi connectivity index (χ1) is 12.3. The molecule has 0 aliphatic heterocycles. The van der Waals surface area contributed by atoms with E-state index in [1.165, 1.54) is 12.1 Å². The molecule has 0 atom stereocenters. The van der Waals surface area contributed by atoms with E-state index in [1.807, 2.05) is 19.1 Å². The average Bonchev–Trinajstić information content (AvgIpc) is 2.97. The summed E-state index contributed by atoms with van der Waals surface area (Å²) in [6.07, 6.45) is 2.43. The van der Waals surface area contributed by atoms with Crippen LogP contribution in [-0.2, 0) is 23.0 Å². The van der Waals surface area contributed by atoms with Gasteiger partial charge in [-0.25, -0.2) is 18.5 Å². The molecule has 136 valence electrons. The molecule has 2 heterocycles. The van der Waals surface area contributed by atoms with Gasteiger partial charge in [0.2, 0.25) is 10.0 Å². The summed E-state index contributed by atoms with van der Waals surface area (Å²) in [6.45, 7) is 2.20. The van der Waals surface area contributed by atoms with Crippen LogP contribution in [0.1, 0.15) is 28.7 Å². The second-order valence-corrected chi connectivity index (χ2v) is 8.18. The molecule has 1 aromatic carbocycles. The standard InChI is InChI=1S/C17H17BrN4O3S/c1-2-14-16(22-10-12(18)5-8-15(22)21-14)17(23)20-9-11-3-6-13(7-4-11)26(19,24)25/h3-8,10H,2,9H2,1H3,(H,20,23)(H2,19,24,25). The van der Waals surface area contributed by atoms with Crippen molar-refractivity contribution < 1.29 is 13.2 Å². The van der Waals surface area contributed by atoms with Gasteiger partial charge in [-0.05, 0) is 52.2 Å². The molecule has 0 radical (unpaired) electrons. The molecule has 7 nitrogen and oxygen atoms in total. The molecule has 0 bridgehead atoms. The van der Waals surface area contributed by atoms with Gasteiger partial charge in [0, 0.05) is 17.2 Å². The number of aromatic nitrogens is 2. The lowest BCUT2D eigenvalue weighted by atomic mass is 10.2. The minimum Gasteiger partial charge on any atom is -0.347 e. The molecule has 3 rings (SSSR count). The van der Waals surface area contributed by atoms with Crippen molar-refractivity contribution in [2.75, 3.05) is 0 Å². The maximum absolute atomic E-state index is 12.7.